The van der Waals surface area contributed by atoms with Crippen molar-refractivity contribution >= 4 is 28.6 Å². The third-order valence-corrected chi connectivity index (χ3v) is 9.86. The van der Waals surface area contributed by atoms with Crippen molar-refractivity contribution in [1.82, 2.24) is 19.0 Å². The van der Waals surface area contributed by atoms with Crippen LogP contribution in [0.5, 0.6) is 11.8 Å². The smallest absolute Gasteiger partial charge is 0.333 e. The summed E-state index contributed by atoms with van der Waals surface area (Å²) in [6.07, 6.45) is 3.57. The van der Waals surface area contributed by atoms with Crippen LogP contribution in [-0.4, -0.2) is 55.1 Å². The highest BCUT2D eigenvalue weighted by Gasteiger charge is 2.35. The normalized spacial score (nSPS) is 19.0. The van der Waals surface area contributed by atoms with Gasteiger partial charge in [-0.3, -0.25) is 18.7 Å². The van der Waals surface area contributed by atoms with Crippen molar-refractivity contribution in [2.75, 3.05) is 18.4 Å². The van der Waals surface area contributed by atoms with E-state index in [1.54, 1.807) is 27.1 Å². The summed E-state index contributed by atoms with van der Waals surface area (Å²) < 4.78 is 15.6. The Morgan fingerprint density at radius 2 is 1.50 bits per heavy atom. The van der Waals surface area contributed by atoms with E-state index < -0.39 is 11.9 Å². The number of nitrogens with zero attached hydrogens (tertiary/aromatic N) is 4. The van der Waals surface area contributed by atoms with Gasteiger partial charge in [0.2, 0.25) is 17.7 Å². The molecule has 11 nitrogen and oxygen atoms in total. The molecule has 5 aromatic rings. The molecular weight excluding hydrogens is 634 g/mol. The number of carboxylic acid groups (broad SMARTS) is 1. The van der Waals surface area contributed by atoms with E-state index in [0.29, 0.717) is 43.2 Å². The Bertz CT molecular complexity index is 2040. The predicted octanol–water partition coefficient (Wildman–Crippen LogP) is 5.79. The summed E-state index contributed by atoms with van der Waals surface area (Å²) in [4.78, 5) is 45.0. The molecule has 1 aliphatic carbocycles. The van der Waals surface area contributed by atoms with Crippen LogP contribution in [-0.2, 0) is 29.9 Å². The largest absolute Gasteiger partial charge is 0.481 e. The SMILES string of the molecule is Cn1c(=O)n(-c2ccc(OCc3ccccc3)nc2OCc2ccccc2)c2cccc(N[C@H]3CC[C@H](C(=O)N4CC[C@H](C(=O)O)C4)CC3)c21. The number of ether oxygens (including phenoxy) is 2. The molecule has 0 bridgehead atoms. The number of hydrogen-bond donors (Lipinski definition) is 2. The number of amides is 1. The summed E-state index contributed by atoms with van der Waals surface area (Å²) >= 11 is 0. The summed E-state index contributed by atoms with van der Waals surface area (Å²) in [5.41, 5.74) is 4.54. The molecule has 3 aromatic carbocycles. The topological polar surface area (TPSA) is 128 Å². The number of anilines is 1. The van der Waals surface area contributed by atoms with Gasteiger partial charge in [-0.05, 0) is 61.4 Å². The van der Waals surface area contributed by atoms with E-state index in [9.17, 15) is 19.5 Å². The second kappa shape index (κ2) is 14.5. The minimum atomic E-state index is -0.831. The first-order valence-electron chi connectivity index (χ1n) is 17.2. The van der Waals surface area contributed by atoms with E-state index in [1.807, 2.05) is 84.9 Å². The molecule has 1 amide bonds. The fraction of sp³-hybridized carbons (Fsp3) is 0.333. The average molecular weight is 676 g/mol. The number of para-hydroxylation sites is 1. The molecule has 2 N–H and O–H groups in total. The highest BCUT2D eigenvalue weighted by Crippen LogP contribution is 2.34. The van der Waals surface area contributed by atoms with E-state index in [0.717, 1.165) is 48.0 Å². The molecular formula is C39H41N5O6. The first kappa shape index (κ1) is 32.9. The Kier molecular flexibility index (Phi) is 9.55. The van der Waals surface area contributed by atoms with Crippen LogP contribution in [0.15, 0.2) is 95.8 Å². The number of rotatable bonds is 11. The van der Waals surface area contributed by atoms with Gasteiger partial charge in [-0.25, -0.2) is 4.79 Å². The zero-order valence-electron chi connectivity index (χ0n) is 28.0. The van der Waals surface area contributed by atoms with Crippen molar-refractivity contribution in [1.29, 1.82) is 0 Å². The summed E-state index contributed by atoms with van der Waals surface area (Å²) in [6.45, 7) is 1.42. The van der Waals surface area contributed by atoms with Gasteiger partial charge in [-0.1, -0.05) is 66.7 Å². The molecule has 0 radical (unpaired) electrons. The number of aliphatic carboxylic acids is 1. The van der Waals surface area contributed by atoms with Gasteiger partial charge in [-0.15, -0.1) is 0 Å². The maximum Gasteiger partial charge on any atom is 0.333 e. The standard InChI is InChI=1S/C39H41N5O6/c1-42-35-31(40-30-17-15-28(16-18-30)37(45)43-22-21-29(23-43)38(46)47)13-8-14-32(35)44(39(42)48)33-19-20-34(49-24-26-9-4-2-5-10-26)41-36(33)50-25-27-11-6-3-7-12-27/h2-14,19-20,28-30,40H,15-18,21-25H2,1H3,(H,46,47)/t28-,29-,30-/m0/s1. The van der Waals surface area contributed by atoms with Crippen LogP contribution in [0.1, 0.15) is 43.2 Å². The third kappa shape index (κ3) is 6.94. The Hall–Kier alpha value is -5.58. The third-order valence-electron chi connectivity index (χ3n) is 9.86. The quantitative estimate of drug-likeness (QED) is 0.180. The van der Waals surface area contributed by atoms with Gasteiger partial charge in [0, 0.05) is 38.2 Å². The molecule has 7 rings (SSSR count). The maximum atomic E-state index is 14.0. The van der Waals surface area contributed by atoms with Gasteiger partial charge in [-0.2, -0.15) is 4.98 Å². The van der Waals surface area contributed by atoms with Gasteiger partial charge < -0.3 is 24.8 Å². The zero-order valence-corrected chi connectivity index (χ0v) is 28.0. The number of carbonyl (C=O) groups is 2. The van der Waals surface area contributed by atoms with Crippen molar-refractivity contribution in [3.8, 4) is 17.4 Å². The number of aryl methyl sites for hydroxylation is 1. The van der Waals surface area contributed by atoms with Crippen LogP contribution in [0.2, 0.25) is 0 Å². The van der Waals surface area contributed by atoms with Gasteiger partial charge in [0.05, 0.1) is 22.6 Å². The fourth-order valence-electron chi connectivity index (χ4n) is 7.12. The first-order valence-corrected chi connectivity index (χ1v) is 17.2. The van der Waals surface area contributed by atoms with Gasteiger partial charge in [0.25, 0.3) is 0 Å². The summed E-state index contributed by atoms with van der Waals surface area (Å²) in [5, 5.41) is 13.0. The predicted molar refractivity (Wildman–Crippen MR) is 190 cm³/mol. The fourth-order valence-corrected chi connectivity index (χ4v) is 7.12. The lowest BCUT2D eigenvalue weighted by Crippen LogP contribution is -2.38. The number of nitrogens with one attached hydrogen (secondary N) is 1. The Morgan fingerprint density at radius 3 is 2.16 bits per heavy atom. The molecule has 3 heterocycles. The molecule has 1 saturated heterocycles. The van der Waals surface area contributed by atoms with E-state index in [4.69, 9.17) is 14.5 Å². The van der Waals surface area contributed by atoms with E-state index in [1.165, 1.54) is 0 Å². The number of carbonyl (C=O) groups excluding carboxylic acids is 1. The van der Waals surface area contributed by atoms with Crippen molar-refractivity contribution in [2.24, 2.45) is 18.9 Å². The molecule has 11 heteroatoms. The Balaban J connectivity index is 1.12. The molecule has 1 atom stereocenters. The first-order chi connectivity index (χ1) is 24.4. The lowest BCUT2D eigenvalue weighted by molar-refractivity contribution is -0.141. The lowest BCUT2D eigenvalue weighted by atomic mass is 9.85. The maximum absolute atomic E-state index is 14.0. The van der Waals surface area contributed by atoms with Crippen LogP contribution < -0.4 is 20.5 Å². The summed E-state index contributed by atoms with van der Waals surface area (Å²) in [6, 6.07) is 29.2. The average Bonchev–Trinajstić information content (AvgIpc) is 3.75. The highest BCUT2D eigenvalue weighted by molar-refractivity contribution is 5.90. The summed E-state index contributed by atoms with van der Waals surface area (Å²) in [5.74, 6) is -0.653. The molecule has 1 aliphatic heterocycles. The Morgan fingerprint density at radius 1 is 0.820 bits per heavy atom. The summed E-state index contributed by atoms with van der Waals surface area (Å²) in [7, 11) is 1.76. The van der Waals surface area contributed by atoms with Crippen LogP contribution >= 0.6 is 0 Å². The van der Waals surface area contributed by atoms with Crippen molar-refractivity contribution in [3.63, 3.8) is 0 Å². The molecule has 258 valence electrons. The Labute approximate surface area is 290 Å². The molecule has 0 spiro atoms. The molecule has 0 unspecified atom stereocenters. The second-order valence-corrected chi connectivity index (χ2v) is 13.2. The second-order valence-electron chi connectivity index (χ2n) is 13.2. The van der Waals surface area contributed by atoms with Crippen molar-refractivity contribution in [3.05, 3.63) is 113 Å². The molecule has 50 heavy (non-hydrogen) atoms. The zero-order chi connectivity index (χ0) is 34.6. The van der Waals surface area contributed by atoms with Crippen LogP contribution in [0.4, 0.5) is 5.69 Å². The lowest BCUT2D eigenvalue weighted by Gasteiger charge is -2.31. The van der Waals surface area contributed by atoms with E-state index >= 15 is 0 Å². The van der Waals surface area contributed by atoms with Gasteiger partial charge in [0.1, 0.15) is 18.9 Å². The van der Waals surface area contributed by atoms with Crippen molar-refractivity contribution in [2.45, 2.75) is 51.4 Å². The van der Waals surface area contributed by atoms with Gasteiger partial charge >= 0.3 is 11.7 Å². The number of likely N-dealkylation sites (tertiary alicyclic amines) is 1. The molecule has 2 fully saturated rings. The van der Waals surface area contributed by atoms with E-state index in [2.05, 4.69) is 5.32 Å². The minimum Gasteiger partial charge on any atom is -0.481 e. The number of hydrogen-bond acceptors (Lipinski definition) is 7. The number of carboxylic acids is 1. The number of benzene rings is 3. The molecule has 2 aliphatic rings. The van der Waals surface area contributed by atoms with Gasteiger partial charge in [0.15, 0.2) is 0 Å². The number of aromatic nitrogens is 3. The number of pyridine rings is 1. The van der Waals surface area contributed by atoms with Crippen LogP contribution in [0, 0.1) is 11.8 Å². The minimum absolute atomic E-state index is 0.0733. The molecule has 1 saturated carbocycles. The van der Waals surface area contributed by atoms with Crippen LogP contribution in [0.3, 0.4) is 0 Å². The number of fused-ring (bicyclic) bond motifs is 1. The number of imidazole rings is 1. The monoisotopic (exact) mass is 675 g/mol. The van der Waals surface area contributed by atoms with E-state index in [-0.39, 0.29) is 36.0 Å². The van der Waals surface area contributed by atoms with Crippen LogP contribution in [0.25, 0.3) is 16.7 Å². The highest BCUT2D eigenvalue weighted by atomic mass is 16.5. The molecule has 2 aromatic heterocycles. The van der Waals surface area contributed by atoms with Crippen molar-refractivity contribution < 1.29 is 24.2 Å².